The molecule has 1 aromatic carbocycles. The number of nitrogens with zero attached hydrogens (tertiary/aromatic N) is 1. The number of aromatic nitrogens is 1. The Morgan fingerprint density at radius 3 is 2.92 bits per heavy atom. The van der Waals surface area contributed by atoms with Crippen LogP contribution in [0.1, 0.15) is 5.56 Å². The molecule has 0 aliphatic carbocycles. The molecule has 1 aromatic heterocycles. The van der Waals surface area contributed by atoms with Gasteiger partial charge in [-0.05, 0) is 24.1 Å². The molecule has 2 aromatic rings. The van der Waals surface area contributed by atoms with Crippen LogP contribution >= 0.6 is 15.9 Å². The third kappa shape index (κ3) is 1.89. The molecule has 0 unspecified atom stereocenters. The number of fused-ring (bicyclic) bond motifs is 1. The lowest BCUT2D eigenvalue weighted by Gasteiger charge is -1.99. The van der Waals surface area contributed by atoms with Gasteiger partial charge in [-0.2, -0.15) is 0 Å². The fraction of sp³-hybridized carbons (Fsp3) is 0.182. The Kier molecular flexibility index (Phi) is 2.60. The van der Waals surface area contributed by atoms with Crippen LogP contribution < -0.4 is 0 Å². The van der Waals surface area contributed by atoms with E-state index in [4.69, 9.17) is 0 Å². The minimum absolute atomic E-state index is 0.993. The molecular weight excluding hydrogens is 226 g/mol. The second-order valence-corrected chi connectivity index (χ2v) is 3.77. The first-order valence-electron chi connectivity index (χ1n) is 4.30. The predicted molar refractivity (Wildman–Crippen MR) is 59.2 cm³/mol. The van der Waals surface area contributed by atoms with Crippen LogP contribution in [0.4, 0.5) is 0 Å². The van der Waals surface area contributed by atoms with Gasteiger partial charge in [0.05, 0.1) is 5.52 Å². The largest absolute Gasteiger partial charge is 0.256 e. The minimum Gasteiger partial charge on any atom is -0.256 e. The Hall–Kier alpha value is -0.890. The Labute approximate surface area is 85.9 Å². The summed E-state index contributed by atoms with van der Waals surface area (Å²) in [7, 11) is 0. The van der Waals surface area contributed by atoms with Crippen molar-refractivity contribution in [2.75, 3.05) is 5.33 Å². The molecule has 0 aliphatic rings. The van der Waals surface area contributed by atoms with Crippen LogP contribution in [0, 0.1) is 0 Å². The summed E-state index contributed by atoms with van der Waals surface area (Å²) in [6.07, 6.45) is 2.99. The van der Waals surface area contributed by atoms with Crippen molar-refractivity contribution in [3.05, 3.63) is 42.1 Å². The number of hydrogen-bond acceptors (Lipinski definition) is 1. The summed E-state index contributed by atoms with van der Waals surface area (Å²) in [6.45, 7) is 0. The average Bonchev–Trinajstić information content (AvgIpc) is 2.18. The second-order valence-electron chi connectivity index (χ2n) is 2.98. The number of pyridine rings is 1. The Morgan fingerprint density at radius 1 is 1.23 bits per heavy atom. The topological polar surface area (TPSA) is 12.9 Å². The second kappa shape index (κ2) is 3.88. The highest BCUT2D eigenvalue weighted by Crippen LogP contribution is 2.13. The lowest BCUT2D eigenvalue weighted by Crippen LogP contribution is -1.87. The van der Waals surface area contributed by atoms with Gasteiger partial charge in [0.1, 0.15) is 0 Å². The number of halogens is 1. The van der Waals surface area contributed by atoms with Gasteiger partial charge in [0.2, 0.25) is 0 Å². The molecule has 1 heterocycles. The first-order valence-corrected chi connectivity index (χ1v) is 5.42. The predicted octanol–water partition coefficient (Wildman–Crippen LogP) is 3.17. The Balaban J connectivity index is 2.49. The van der Waals surface area contributed by atoms with Crippen molar-refractivity contribution in [2.24, 2.45) is 0 Å². The molecule has 0 atom stereocenters. The van der Waals surface area contributed by atoms with Crippen molar-refractivity contribution in [1.82, 2.24) is 4.98 Å². The molecule has 0 fully saturated rings. The molecule has 0 aliphatic heterocycles. The van der Waals surface area contributed by atoms with Crippen molar-refractivity contribution in [3.63, 3.8) is 0 Å². The van der Waals surface area contributed by atoms with E-state index >= 15 is 0 Å². The molecule has 2 heteroatoms. The molecule has 0 spiro atoms. The maximum Gasteiger partial charge on any atom is 0.0702 e. The quantitative estimate of drug-likeness (QED) is 0.730. The number of rotatable bonds is 2. The Morgan fingerprint density at radius 2 is 2.08 bits per heavy atom. The molecule has 1 nitrogen and oxygen atoms in total. The van der Waals surface area contributed by atoms with Crippen LogP contribution in [0.3, 0.4) is 0 Å². The molecule has 0 bridgehead atoms. The van der Waals surface area contributed by atoms with E-state index in [0.29, 0.717) is 0 Å². The summed E-state index contributed by atoms with van der Waals surface area (Å²) in [5, 5.41) is 2.22. The molecule has 66 valence electrons. The van der Waals surface area contributed by atoms with Crippen molar-refractivity contribution in [2.45, 2.75) is 6.42 Å². The van der Waals surface area contributed by atoms with Gasteiger partial charge in [-0.25, -0.2) is 0 Å². The molecular formula is C11H10BrN. The lowest BCUT2D eigenvalue weighted by atomic mass is 10.1. The van der Waals surface area contributed by atoms with E-state index in [1.165, 1.54) is 10.9 Å². The van der Waals surface area contributed by atoms with E-state index in [2.05, 4.69) is 33.0 Å². The van der Waals surface area contributed by atoms with Crippen molar-refractivity contribution < 1.29 is 0 Å². The van der Waals surface area contributed by atoms with Crippen LogP contribution in [0.5, 0.6) is 0 Å². The van der Waals surface area contributed by atoms with Crippen LogP contribution in [0.2, 0.25) is 0 Å². The fourth-order valence-electron chi connectivity index (χ4n) is 1.36. The van der Waals surface area contributed by atoms with Gasteiger partial charge < -0.3 is 0 Å². The van der Waals surface area contributed by atoms with Gasteiger partial charge in [-0.15, -0.1) is 0 Å². The number of alkyl halides is 1. The maximum absolute atomic E-state index is 4.38. The van der Waals surface area contributed by atoms with Crippen molar-refractivity contribution in [3.8, 4) is 0 Å². The monoisotopic (exact) mass is 235 g/mol. The van der Waals surface area contributed by atoms with Crippen LogP contribution in [-0.2, 0) is 6.42 Å². The number of hydrogen-bond donors (Lipinski definition) is 0. The molecule has 0 saturated carbocycles. The number of para-hydroxylation sites is 1. The van der Waals surface area contributed by atoms with Gasteiger partial charge in [0, 0.05) is 16.9 Å². The highest BCUT2D eigenvalue weighted by atomic mass is 79.9. The first-order chi connectivity index (χ1) is 6.40. The normalized spacial score (nSPS) is 10.5. The zero-order valence-electron chi connectivity index (χ0n) is 7.20. The SMILES string of the molecule is BrCCc1cnc2ccccc2c1. The summed E-state index contributed by atoms with van der Waals surface area (Å²) >= 11 is 3.42. The first kappa shape index (κ1) is 8.70. The van der Waals surface area contributed by atoms with Gasteiger partial charge in [-0.1, -0.05) is 34.1 Å². The van der Waals surface area contributed by atoms with Gasteiger partial charge in [0.25, 0.3) is 0 Å². The number of benzene rings is 1. The minimum atomic E-state index is 0.993. The van der Waals surface area contributed by atoms with E-state index in [9.17, 15) is 0 Å². The third-order valence-electron chi connectivity index (χ3n) is 2.03. The number of aryl methyl sites for hydroxylation is 1. The third-order valence-corrected chi connectivity index (χ3v) is 2.43. The molecule has 0 amide bonds. The molecule has 0 N–H and O–H groups in total. The van der Waals surface area contributed by atoms with E-state index in [-0.39, 0.29) is 0 Å². The molecule has 2 rings (SSSR count). The zero-order valence-corrected chi connectivity index (χ0v) is 8.79. The summed E-state index contributed by atoms with van der Waals surface area (Å²) in [5.74, 6) is 0. The van der Waals surface area contributed by atoms with E-state index in [0.717, 1.165) is 17.3 Å². The van der Waals surface area contributed by atoms with E-state index in [1.807, 2.05) is 24.4 Å². The Bertz CT molecular complexity index is 412. The van der Waals surface area contributed by atoms with Crippen molar-refractivity contribution in [1.29, 1.82) is 0 Å². The average molecular weight is 236 g/mol. The van der Waals surface area contributed by atoms with Crippen LogP contribution in [0.25, 0.3) is 10.9 Å². The van der Waals surface area contributed by atoms with Crippen LogP contribution in [0.15, 0.2) is 36.5 Å². The lowest BCUT2D eigenvalue weighted by molar-refractivity contribution is 1.14. The summed E-state index contributed by atoms with van der Waals surface area (Å²) in [4.78, 5) is 4.38. The van der Waals surface area contributed by atoms with Crippen LogP contribution in [-0.4, -0.2) is 10.3 Å². The fourth-order valence-corrected chi connectivity index (χ4v) is 1.82. The standard InChI is InChI=1S/C11H10BrN/c12-6-5-9-7-10-3-1-2-4-11(10)13-8-9/h1-4,7-8H,5-6H2. The molecule has 0 saturated heterocycles. The highest BCUT2D eigenvalue weighted by Gasteiger charge is 1.95. The summed E-state index contributed by atoms with van der Waals surface area (Å²) in [6, 6.07) is 10.4. The van der Waals surface area contributed by atoms with E-state index in [1.54, 1.807) is 0 Å². The smallest absolute Gasteiger partial charge is 0.0702 e. The van der Waals surface area contributed by atoms with Gasteiger partial charge in [0.15, 0.2) is 0 Å². The molecule has 13 heavy (non-hydrogen) atoms. The zero-order chi connectivity index (χ0) is 9.10. The molecule has 0 radical (unpaired) electrons. The van der Waals surface area contributed by atoms with Gasteiger partial charge in [-0.3, -0.25) is 4.98 Å². The van der Waals surface area contributed by atoms with Gasteiger partial charge >= 0.3 is 0 Å². The summed E-state index contributed by atoms with van der Waals surface area (Å²) < 4.78 is 0. The van der Waals surface area contributed by atoms with Crippen molar-refractivity contribution >= 4 is 26.8 Å². The highest BCUT2D eigenvalue weighted by molar-refractivity contribution is 9.09. The summed E-state index contributed by atoms with van der Waals surface area (Å²) in [5.41, 5.74) is 2.36. The van der Waals surface area contributed by atoms with E-state index < -0.39 is 0 Å². The maximum atomic E-state index is 4.38.